The first-order chi connectivity index (χ1) is 21.0. The fourth-order valence-corrected chi connectivity index (χ4v) is 5.18. The molecule has 0 unspecified atom stereocenters. The molecule has 0 bridgehead atoms. The number of aldehydes is 2. The number of hydrogen-bond donors (Lipinski definition) is 0. The number of carbonyl (C=O) groups is 2. The van der Waals surface area contributed by atoms with E-state index in [2.05, 4.69) is 54.4 Å². The number of ether oxygens (including phenoxy) is 2. The van der Waals surface area contributed by atoms with Crippen LogP contribution in [0.2, 0.25) is 0 Å². The number of nitrogens with zero attached hydrogens (tertiary/aromatic N) is 2. The first-order valence-electron chi connectivity index (χ1n) is 16.1. The zero-order valence-electron chi connectivity index (χ0n) is 27.9. The van der Waals surface area contributed by atoms with Crippen LogP contribution in [0.25, 0.3) is 22.3 Å². The van der Waals surface area contributed by atoms with E-state index in [1.807, 2.05) is 48.5 Å². The molecule has 0 spiro atoms. The molecule has 44 heavy (non-hydrogen) atoms. The third-order valence-corrected chi connectivity index (χ3v) is 7.76. The molecule has 0 radical (unpaired) electrons. The zero-order chi connectivity index (χ0) is 32.0. The van der Waals surface area contributed by atoms with Gasteiger partial charge in [0.15, 0.2) is 0 Å². The van der Waals surface area contributed by atoms with Crippen molar-refractivity contribution >= 4 is 12.6 Å². The van der Waals surface area contributed by atoms with Gasteiger partial charge in [-0.05, 0) is 74.6 Å². The molecule has 0 atom stereocenters. The van der Waals surface area contributed by atoms with Crippen LogP contribution in [0.15, 0.2) is 60.7 Å². The van der Waals surface area contributed by atoms with Gasteiger partial charge in [0.2, 0.25) is 0 Å². The van der Waals surface area contributed by atoms with Gasteiger partial charge in [0.1, 0.15) is 24.1 Å². The minimum absolute atomic E-state index is 0.626. The van der Waals surface area contributed by atoms with E-state index in [4.69, 9.17) is 9.47 Å². The molecule has 238 valence electrons. The number of carbonyl (C=O) groups excluding carboxylic acids is 2. The Kier molecular flexibility index (Phi) is 13.6. The summed E-state index contributed by atoms with van der Waals surface area (Å²) in [5, 5.41) is 0. The SMILES string of the molecule is C[N+](C)(C)CCCCCCOc1cc(-c2ccc(C=O)cc2)c(OCCCCCC[N+](C)(C)C)cc1-c1ccc(C=O)cc1. The Labute approximate surface area is 265 Å². The molecule has 0 amide bonds. The predicted octanol–water partition coefficient (Wildman–Crippen LogP) is 7.94. The van der Waals surface area contributed by atoms with E-state index in [1.54, 1.807) is 0 Å². The molecular formula is C38H54N2O4+2. The number of hydrogen-bond acceptors (Lipinski definition) is 4. The number of benzene rings is 3. The summed E-state index contributed by atoms with van der Waals surface area (Å²) < 4.78 is 14.9. The number of unbranched alkanes of at least 4 members (excludes halogenated alkanes) is 6. The second kappa shape index (κ2) is 17.1. The summed E-state index contributed by atoms with van der Waals surface area (Å²) in [4.78, 5) is 22.6. The van der Waals surface area contributed by atoms with E-state index in [0.29, 0.717) is 24.3 Å². The van der Waals surface area contributed by atoms with Crippen molar-refractivity contribution in [3.8, 4) is 33.8 Å². The molecule has 0 saturated heterocycles. The average Bonchev–Trinajstić information content (AvgIpc) is 2.99. The Morgan fingerprint density at radius 1 is 0.500 bits per heavy atom. The maximum atomic E-state index is 11.3. The summed E-state index contributed by atoms with van der Waals surface area (Å²) >= 11 is 0. The van der Waals surface area contributed by atoms with Crippen LogP contribution in [0.3, 0.4) is 0 Å². The molecule has 3 aromatic rings. The number of quaternary nitrogens is 2. The van der Waals surface area contributed by atoms with Crippen molar-refractivity contribution in [2.45, 2.75) is 51.4 Å². The molecule has 6 heteroatoms. The highest BCUT2D eigenvalue weighted by Gasteiger charge is 2.16. The summed E-state index contributed by atoms with van der Waals surface area (Å²) in [6.07, 6.45) is 10.7. The largest absolute Gasteiger partial charge is 0.493 e. The van der Waals surface area contributed by atoms with Crippen LogP contribution in [-0.4, -0.2) is 90.1 Å². The van der Waals surface area contributed by atoms with Gasteiger partial charge >= 0.3 is 0 Å². The highest BCUT2D eigenvalue weighted by atomic mass is 16.5. The second-order valence-electron chi connectivity index (χ2n) is 13.9. The van der Waals surface area contributed by atoms with Gasteiger partial charge in [0, 0.05) is 22.3 Å². The predicted molar refractivity (Wildman–Crippen MR) is 182 cm³/mol. The van der Waals surface area contributed by atoms with Gasteiger partial charge in [0.05, 0.1) is 68.6 Å². The quantitative estimate of drug-likeness (QED) is 0.0749. The average molecular weight is 603 g/mol. The molecule has 0 aliphatic heterocycles. The van der Waals surface area contributed by atoms with Gasteiger partial charge < -0.3 is 18.4 Å². The molecule has 0 N–H and O–H groups in total. The third-order valence-electron chi connectivity index (χ3n) is 7.76. The van der Waals surface area contributed by atoms with Crippen molar-refractivity contribution in [3.63, 3.8) is 0 Å². The van der Waals surface area contributed by atoms with E-state index in [1.165, 1.54) is 38.8 Å². The van der Waals surface area contributed by atoms with Crippen LogP contribution in [0.4, 0.5) is 0 Å². The fraction of sp³-hybridized carbons (Fsp3) is 0.474. The molecule has 3 aromatic carbocycles. The maximum absolute atomic E-state index is 11.3. The molecule has 0 fully saturated rings. The van der Waals surface area contributed by atoms with Crippen LogP contribution in [0, 0.1) is 0 Å². The van der Waals surface area contributed by atoms with Crippen molar-refractivity contribution in [1.82, 2.24) is 0 Å². The van der Waals surface area contributed by atoms with Gasteiger partial charge in [0.25, 0.3) is 0 Å². The first-order valence-corrected chi connectivity index (χ1v) is 16.1. The molecular weight excluding hydrogens is 548 g/mol. The normalized spacial score (nSPS) is 11.8. The molecule has 3 rings (SSSR count). The standard InChI is InChI=1S/C38H54N2O4/c1-39(2,3)23-11-7-9-13-25-43-37-27-36(34-21-17-32(30-42)18-22-34)38(44-26-14-10-8-12-24-40(4,5)6)28-35(37)33-19-15-31(29-41)16-20-33/h15-22,27-30H,7-14,23-26H2,1-6H3/q+2. The van der Waals surface area contributed by atoms with E-state index < -0.39 is 0 Å². The zero-order valence-corrected chi connectivity index (χ0v) is 27.9. The molecule has 0 saturated carbocycles. The molecule has 0 aliphatic rings. The highest BCUT2D eigenvalue weighted by molar-refractivity contribution is 5.84. The fourth-order valence-electron chi connectivity index (χ4n) is 5.18. The number of rotatable bonds is 20. The monoisotopic (exact) mass is 602 g/mol. The van der Waals surface area contributed by atoms with E-state index in [0.717, 1.165) is 81.0 Å². The summed E-state index contributed by atoms with van der Waals surface area (Å²) in [5.74, 6) is 1.58. The summed E-state index contributed by atoms with van der Waals surface area (Å²) in [6.45, 7) is 3.60. The van der Waals surface area contributed by atoms with Gasteiger partial charge in [-0.25, -0.2) is 0 Å². The Morgan fingerprint density at radius 3 is 1.16 bits per heavy atom. The van der Waals surface area contributed by atoms with Crippen LogP contribution in [0.5, 0.6) is 11.5 Å². The van der Waals surface area contributed by atoms with Gasteiger partial charge in [-0.15, -0.1) is 0 Å². The van der Waals surface area contributed by atoms with Gasteiger partial charge in [-0.3, -0.25) is 9.59 Å². The van der Waals surface area contributed by atoms with Crippen LogP contribution in [0.1, 0.15) is 72.1 Å². The lowest BCUT2D eigenvalue weighted by Crippen LogP contribution is -2.35. The van der Waals surface area contributed by atoms with Gasteiger partial charge in [-0.2, -0.15) is 0 Å². The van der Waals surface area contributed by atoms with Crippen molar-refractivity contribution in [2.24, 2.45) is 0 Å². The summed E-state index contributed by atoms with van der Waals surface area (Å²) in [6, 6.07) is 19.4. The topological polar surface area (TPSA) is 52.6 Å². The lowest BCUT2D eigenvalue weighted by molar-refractivity contribution is -0.870. The lowest BCUT2D eigenvalue weighted by atomic mass is 9.96. The Bertz CT molecular complexity index is 1200. The molecule has 6 nitrogen and oxygen atoms in total. The second-order valence-corrected chi connectivity index (χ2v) is 13.9. The van der Waals surface area contributed by atoms with Crippen LogP contribution < -0.4 is 9.47 Å². The van der Waals surface area contributed by atoms with Crippen molar-refractivity contribution in [1.29, 1.82) is 0 Å². The van der Waals surface area contributed by atoms with Crippen molar-refractivity contribution in [3.05, 3.63) is 71.8 Å². The highest BCUT2D eigenvalue weighted by Crippen LogP contribution is 2.41. The van der Waals surface area contributed by atoms with Crippen LogP contribution in [-0.2, 0) is 0 Å². The van der Waals surface area contributed by atoms with Crippen molar-refractivity contribution < 1.29 is 28.0 Å². The minimum atomic E-state index is 0.626. The lowest BCUT2D eigenvalue weighted by Gasteiger charge is -2.23. The van der Waals surface area contributed by atoms with E-state index >= 15 is 0 Å². The maximum Gasteiger partial charge on any atom is 0.150 e. The Morgan fingerprint density at radius 2 is 0.841 bits per heavy atom. The Balaban J connectivity index is 1.83. The Hall–Kier alpha value is -3.48. The summed E-state index contributed by atoms with van der Waals surface area (Å²) in [7, 11) is 13.4. The molecule has 0 aliphatic carbocycles. The van der Waals surface area contributed by atoms with E-state index in [-0.39, 0.29) is 0 Å². The molecule has 0 heterocycles. The molecule has 0 aromatic heterocycles. The van der Waals surface area contributed by atoms with Crippen LogP contribution >= 0.6 is 0 Å². The minimum Gasteiger partial charge on any atom is -0.493 e. The van der Waals surface area contributed by atoms with Gasteiger partial charge in [-0.1, -0.05) is 48.5 Å². The third kappa shape index (κ3) is 12.3. The first kappa shape index (κ1) is 35.0. The smallest absolute Gasteiger partial charge is 0.150 e. The van der Waals surface area contributed by atoms with Crippen molar-refractivity contribution in [2.75, 3.05) is 68.6 Å². The van der Waals surface area contributed by atoms with E-state index in [9.17, 15) is 9.59 Å². The summed E-state index contributed by atoms with van der Waals surface area (Å²) in [5.41, 5.74) is 5.11.